The third kappa shape index (κ3) is 3.51. The summed E-state index contributed by atoms with van der Waals surface area (Å²) in [6.45, 7) is 4.44. The van der Waals surface area contributed by atoms with Crippen molar-refractivity contribution in [1.82, 2.24) is 10.6 Å². The quantitative estimate of drug-likeness (QED) is 0.772. The zero-order valence-corrected chi connectivity index (χ0v) is 12.1. The van der Waals surface area contributed by atoms with Gasteiger partial charge in [-0.25, -0.2) is 0 Å². The summed E-state index contributed by atoms with van der Waals surface area (Å²) in [5, 5.41) is 15.7. The maximum atomic E-state index is 12.5. The van der Waals surface area contributed by atoms with Gasteiger partial charge in [0.25, 0.3) is 0 Å². The first-order chi connectivity index (χ1) is 9.66. The third-order valence-corrected chi connectivity index (χ3v) is 4.07. The van der Waals surface area contributed by atoms with Gasteiger partial charge < -0.3 is 15.7 Å². The van der Waals surface area contributed by atoms with E-state index in [1.165, 1.54) is 0 Å². The van der Waals surface area contributed by atoms with Gasteiger partial charge in [-0.1, -0.05) is 25.5 Å². The monoisotopic (exact) mass is 276 g/mol. The summed E-state index contributed by atoms with van der Waals surface area (Å²) in [4.78, 5) is 12.5. The molecule has 0 aromatic heterocycles. The molecule has 1 aromatic rings. The number of phenolic OH excluding ortho intramolecular Hbond substituents is 1. The summed E-state index contributed by atoms with van der Waals surface area (Å²) in [5.41, 5.74) is 0.760. The van der Waals surface area contributed by atoms with E-state index < -0.39 is 0 Å². The van der Waals surface area contributed by atoms with Crippen molar-refractivity contribution in [1.29, 1.82) is 0 Å². The minimum absolute atomic E-state index is 0.152. The second-order valence-corrected chi connectivity index (χ2v) is 5.66. The first-order valence-electron chi connectivity index (χ1n) is 7.43. The van der Waals surface area contributed by atoms with Gasteiger partial charge in [-0.3, -0.25) is 4.79 Å². The van der Waals surface area contributed by atoms with E-state index in [0.717, 1.165) is 44.3 Å². The van der Waals surface area contributed by atoms with Gasteiger partial charge >= 0.3 is 0 Å². The van der Waals surface area contributed by atoms with Crippen LogP contribution >= 0.6 is 0 Å². The lowest BCUT2D eigenvalue weighted by molar-refractivity contribution is -0.132. The lowest BCUT2D eigenvalue weighted by Crippen LogP contribution is -2.50. The maximum Gasteiger partial charge on any atom is 0.227 e. The van der Waals surface area contributed by atoms with Crippen LogP contribution in [0.1, 0.15) is 38.2 Å². The molecule has 1 atom stereocenters. The fourth-order valence-electron chi connectivity index (χ4n) is 2.95. The summed E-state index contributed by atoms with van der Waals surface area (Å²) in [5.74, 6) is 0.402. The molecule has 1 amide bonds. The Kier molecular flexibility index (Phi) is 5.01. The van der Waals surface area contributed by atoms with Crippen LogP contribution in [0.15, 0.2) is 24.3 Å². The first-order valence-corrected chi connectivity index (χ1v) is 7.43. The minimum Gasteiger partial charge on any atom is -0.508 e. The number of rotatable bonds is 5. The van der Waals surface area contributed by atoms with E-state index in [1.807, 2.05) is 12.1 Å². The topological polar surface area (TPSA) is 61.4 Å². The summed E-state index contributed by atoms with van der Waals surface area (Å²) in [7, 11) is 0. The van der Waals surface area contributed by atoms with E-state index in [4.69, 9.17) is 0 Å². The van der Waals surface area contributed by atoms with Crippen molar-refractivity contribution >= 4 is 5.91 Å². The Hall–Kier alpha value is -1.55. The van der Waals surface area contributed by atoms with Gasteiger partial charge in [0, 0.05) is 13.1 Å². The van der Waals surface area contributed by atoms with E-state index in [2.05, 4.69) is 17.6 Å². The standard InChI is InChI=1S/C16H24N2O2/c1-2-8-16(9-3-10-17-12-16)15(20)18-11-13-4-6-14(19)7-5-13/h4-7,17,19H,2-3,8-12H2,1H3,(H,18,20). The van der Waals surface area contributed by atoms with Gasteiger partial charge in [-0.15, -0.1) is 0 Å². The van der Waals surface area contributed by atoms with Gasteiger partial charge in [0.15, 0.2) is 0 Å². The molecular formula is C16H24N2O2. The Labute approximate surface area is 120 Å². The number of phenols is 1. The van der Waals surface area contributed by atoms with E-state index in [-0.39, 0.29) is 17.1 Å². The van der Waals surface area contributed by atoms with Crippen LogP contribution < -0.4 is 10.6 Å². The maximum absolute atomic E-state index is 12.5. The Morgan fingerprint density at radius 1 is 1.40 bits per heavy atom. The summed E-state index contributed by atoms with van der Waals surface area (Å²) >= 11 is 0. The number of hydrogen-bond donors (Lipinski definition) is 3. The molecule has 2 rings (SSSR count). The fourth-order valence-corrected chi connectivity index (χ4v) is 2.95. The predicted molar refractivity (Wildman–Crippen MR) is 79.4 cm³/mol. The van der Waals surface area contributed by atoms with Crippen LogP contribution in [0.3, 0.4) is 0 Å². The van der Waals surface area contributed by atoms with Gasteiger partial charge in [-0.2, -0.15) is 0 Å². The molecule has 1 aliphatic rings. The van der Waals surface area contributed by atoms with Crippen LogP contribution in [-0.2, 0) is 11.3 Å². The molecule has 110 valence electrons. The molecule has 0 bridgehead atoms. The normalized spacial score (nSPS) is 22.4. The highest BCUT2D eigenvalue weighted by Gasteiger charge is 2.38. The molecule has 4 heteroatoms. The fraction of sp³-hybridized carbons (Fsp3) is 0.562. The van der Waals surface area contributed by atoms with Crippen LogP contribution in [-0.4, -0.2) is 24.1 Å². The highest BCUT2D eigenvalue weighted by molar-refractivity contribution is 5.83. The number of aromatic hydroxyl groups is 1. The number of hydrogen-bond acceptors (Lipinski definition) is 3. The van der Waals surface area contributed by atoms with E-state index >= 15 is 0 Å². The molecule has 1 saturated heterocycles. The van der Waals surface area contributed by atoms with Gasteiger partial charge in [0.1, 0.15) is 5.75 Å². The van der Waals surface area contributed by atoms with Crippen molar-refractivity contribution in [2.75, 3.05) is 13.1 Å². The second kappa shape index (κ2) is 6.75. The Balaban J connectivity index is 1.96. The van der Waals surface area contributed by atoms with Crippen LogP contribution in [0.25, 0.3) is 0 Å². The van der Waals surface area contributed by atoms with Crippen molar-refractivity contribution in [2.45, 2.75) is 39.2 Å². The molecule has 1 unspecified atom stereocenters. The summed E-state index contributed by atoms with van der Waals surface area (Å²) in [6.07, 6.45) is 3.98. The lowest BCUT2D eigenvalue weighted by Gasteiger charge is -2.36. The van der Waals surface area contributed by atoms with Crippen LogP contribution in [0.2, 0.25) is 0 Å². The zero-order chi connectivity index (χ0) is 14.4. The zero-order valence-electron chi connectivity index (χ0n) is 12.1. The van der Waals surface area contributed by atoms with Crippen LogP contribution in [0, 0.1) is 5.41 Å². The van der Waals surface area contributed by atoms with E-state index in [9.17, 15) is 9.90 Å². The number of carbonyl (C=O) groups is 1. The van der Waals surface area contributed by atoms with Crippen LogP contribution in [0.5, 0.6) is 5.75 Å². The number of carbonyl (C=O) groups excluding carboxylic acids is 1. The molecular weight excluding hydrogens is 252 g/mol. The van der Waals surface area contributed by atoms with Gasteiger partial charge in [-0.05, 0) is 43.5 Å². The SMILES string of the molecule is CCCC1(C(=O)NCc2ccc(O)cc2)CCCNC1. The number of nitrogens with one attached hydrogen (secondary N) is 2. The lowest BCUT2D eigenvalue weighted by atomic mass is 9.76. The van der Waals surface area contributed by atoms with Crippen molar-refractivity contribution < 1.29 is 9.90 Å². The van der Waals surface area contributed by atoms with E-state index in [0.29, 0.717) is 6.54 Å². The summed E-state index contributed by atoms with van der Waals surface area (Å²) in [6, 6.07) is 6.96. The van der Waals surface area contributed by atoms with Crippen molar-refractivity contribution in [3.63, 3.8) is 0 Å². The summed E-state index contributed by atoms with van der Waals surface area (Å²) < 4.78 is 0. The Bertz CT molecular complexity index is 431. The number of amides is 1. The average Bonchev–Trinajstić information content (AvgIpc) is 2.47. The molecule has 0 spiro atoms. The first kappa shape index (κ1) is 14.9. The van der Waals surface area contributed by atoms with Crippen LogP contribution in [0.4, 0.5) is 0 Å². The second-order valence-electron chi connectivity index (χ2n) is 5.66. The third-order valence-electron chi connectivity index (χ3n) is 4.07. The van der Waals surface area contributed by atoms with Gasteiger partial charge in [0.05, 0.1) is 5.41 Å². The Morgan fingerprint density at radius 3 is 2.75 bits per heavy atom. The molecule has 3 N–H and O–H groups in total. The number of benzene rings is 1. The molecule has 1 aliphatic heterocycles. The van der Waals surface area contributed by atoms with E-state index in [1.54, 1.807) is 12.1 Å². The molecule has 1 heterocycles. The smallest absolute Gasteiger partial charge is 0.227 e. The largest absolute Gasteiger partial charge is 0.508 e. The van der Waals surface area contributed by atoms with Crippen molar-refractivity contribution in [2.24, 2.45) is 5.41 Å². The average molecular weight is 276 g/mol. The van der Waals surface area contributed by atoms with Crippen molar-refractivity contribution in [3.05, 3.63) is 29.8 Å². The highest BCUT2D eigenvalue weighted by atomic mass is 16.3. The minimum atomic E-state index is -0.246. The van der Waals surface area contributed by atoms with Gasteiger partial charge in [0.2, 0.25) is 5.91 Å². The van der Waals surface area contributed by atoms with Crippen molar-refractivity contribution in [3.8, 4) is 5.75 Å². The predicted octanol–water partition coefficient (Wildman–Crippen LogP) is 2.18. The molecule has 1 fully saturated rings. The molecule has 20 heavy (non-hydrogen) atoms. The molecule has 0 radical (unpaired) electrons. The molecule has 4 nitrogen and oxygen atoms in total. The Morgan fingerprint density at radius 2 is 2.15 bits per heavy atom. The number of piperidine rings is 1. The molecule has 0 saturated carbocycles. The molecule has 0 aliphatic carbocycles. The molecule has 1 aromatic carbocycles. The highest BCUT2D eigenvalue weighted by Crippen LogP contribution is 2.31.